The van der Waals surface area contributed by atoms with Gasteiger partial charge in [0.15, 0.2) is 0 Å². The maximum Gasteiger partial charge on any atom is 0.416 e. The summed E-state index contributed by atoms with van der Waals surface area (Å²) in [5.41, 5.74) is -1.78. The van der Waals surface area contributed by atoms with Gasteiger partial charge in [-0.25, -0.2) is 0 Å². The number of ether oxygens (including phenoxy) is 1. The zero-order valence-electron chi connectivity index (χ0n) is 17.7. The number of hydrogen-bond donors (Lipinski definition) is 1. The highest BCUT2D eigenvalue weighted by Gasteiger charge is 2.33. The van der Waals surface area contributed by atoms with Crippen molar-refractivity contribution in [3.05, 3.63) is 68.2 Å². The van der Waals surface area contributed by atoms with E-state index in [0.717, 1.165) is 38.2 Å². The van der Waals surface area contributed by atoms with Crippen molar-refractivity contribution in [1.29, 1.82) is 5.26 Å². The van der Waals surface area contributed by atoms with Crippen LogP contribution in [-0.2, 0) is 11.0 Å². The summed E-state index contributed by atoms with van der Waals surface area (Å²) in [5, 5.41) is 23.5. The number of alkyl halides is 3. The number of hydrogen-bond acceptors (Lipinski definition) is 5. The SMILES string of the molecule is N#CC(=Cc1ccc(Oc2ccc(C(F)(F)F)cc2[N+](=O)[O-])c(Cl)c1)C(=O)NC1CCCCC1. The monoisotopic (exact) mass is 493 g/mol. The van der Waals surface area contributed by atoms with E-state index in [1.807, 2.05) is 6.07 Å². The summed E-state index contributed by atoms with van der Waals surface area (Å²) in [6, 6.07) is 7.94. The van der Waals surface area contributed by atoms with Gasteiger partial charge in [0.1, 0.15) is 17.4 Å². The predicted octanol–water partition coefficient (Wildman–Crippen LogP) is 6.42. The quantitative estimate of drug-likeness (QED) is 0.216. The molecule has 3 rings (SSSR count). The molecule has 11 heteroatoms. The zero-order valence-corrected chi connectivity index (χ0v) is 18.4. The minimum atomic E-state index is -4.75. The predicted molar refractivity (Wildman–Crippen MR) is 118 cm³/mol. The molecule has 1 amide bonds. The standard InChI is InChI=1S/C23H19ClF3N3O4/c24-18-11-14(10-15(13-28)22(31)29-17-4-2-1-3-5-17)6-8-20(18)34-21-9-7-16(23(25,26)27)12-19(21)30(32)33/h6-12,17H,1-5H2,(H,29,31). The fraction of sp³-hybridized carbons (Fsp3) is 0.304. The first kappa shape index (κ1) is 25.1. The molecular weight excluding hydrogens is 475 g/mol. The Balaban J connectivity index is 1.80. The summed E-state index contributed by atoms with van der Waals surface area (Å²) < 4.78 is 44.0. The van der Waals surface area contributed by atoms with Crippen LogP contribution in [-0.4, -0.2) is 16.9 Å². The largest absolute Gasteiger partial charge is 0.449 e. The van der Waals surface area contributed by atoms with E-state index in [1.165, 1.54) is 24.3 Å². The van der Waals surface area contributed by atoms with Gasteiger partial charge in [0.05, 0.1) is 15.5 Å². The Hall–Kier alpha value is -3.58. The molecule has 2 aromatic carbocycles. The summed E-state index contributed by atoms with van der Waals surface area (Å²) in [6.07, 6.45) is 1.47. The Morgan fingerprint density at radius 1 is 1.18 bits per heavy atom. The van der Waals surface area contributed by atoms with Gasteiger partial charge in [-0.1, -0.05) is 36.9 Å². The number of rotatable bonds is 6. The van der Waals surface area contributed by atoms with Crippen LogP contribution in [0.25, 0.3) is 6.08 Å². The van der Waals surface area contributed by atoms with Gasteiger partial charge < -0.3 is 10.1 Å². The van der Waals surface area contributed by atoms with Gasteiger partial charge >= 0.3 is 11.9 Å². The molecule has 0 atom stereocenters. The number of nitriles is 1. The van der Waals surface area contributed by atoms with Crippen LogP contribution in [0.15, 0.2) is 42.0 Å². The van der Waals surface area contributed by atoms with E-state index < -0.39 is 34.0 Å². The van der Waals surface area contributed by atoms with Crippen molar-refractivity contribution >= 4 is 29.3 Å². The summed E-state index contributed by atoms with van der Waals surface area (Å²) >= 11 is 6.19. The molecule has 0 aliphatic heterocycles. The highest BCUT2D eigenvalue weighted by molar-refractivity contribution is 6.32. The Labute approximate surface area is 197 Å². The fourth-order valence-electron chi connectivity index (χ4n) is 3.56. The van der Waals surface area contributed by atoms with Gasteiger partial charge in [0.25, 0.3) is 5.91 Å². The van der Waals surface area contributed by atoms with E-state index in [2.05, 4.69) is 5.32 Å². The number of carbonyl (C=O) groups excluding carboxylic acids is 1. The van der Waals surface area contributed by atoms with Crippen LogP contribution in [0.2, 0.25) is 5.02 Å². The first-order valence-electron chi connectivity index (χ1n) is 10.3. The molecule has 2 aromatic rings. The molecule has 1 fully saturated rings. The summed E-state index contributed by atoms with van der Waals surface area (Å²) in [5.74, 6) is -0.967. The van der Waals surface area contributed by atoms with Crippen LogP contribution in [0.1, 0.15) is 43.2 Å². The molecule has 178 valence electrons. The van der Waals surface area contributed by atoms with Crippen molar-refractivity contribution in [2.75, 3.05) is 0 Å². The first-order valence-corrected chi connectivity index (χ1v) is 10.7. The molecule has 0 saturated heterocycles. The molecule has 7 nitrogen and oxygen atoms in total. The van der Waals surface area contributed by atoms with Crippen molar-refractivity contribution in [3.8, 4) is 17.6 Å². The third kappa shape index (κ3) is 6.26. The number of nitro groups is 1. The fourth-order valence-corrected chi connectivity index (χ4v) is 3.78. The Morgan fingerprint density at radius 2 is 1.85 bits per heavy atom. The van der Waals surface area contributed by atoms with Gasteiger partial charge in [0, 0.05) is 12.1 Å². The van der Waals surface area contributed by atoms with Crippen LogP contribution in [0.4, 0.5) is 18.9 Å². The second kappa shape index (κ2) is 10.6. The van der Waals surface area contributed by atoms with Crippen LogP contribution in [0, 0.1) is 21.4 Å². The van der Waals surface area contributed by atoms with Gasteiger partial charge in [0.2, 0.25) is 5.75 Å². The molecule has 0 heterocycles. The second-order valence-corrected chi connectivity index (χ2v) is 8.11. The number of amides is 1. The van der Waals surface area contributed by atoms with Crippen molar-refractivity contribution < 1.29 is 27.6 Å². The number of halogens is 4. The van der Waals surface area contributed by atoms with E-state index in [-0.39, 0.29) is 22.4 Å². The number of nitrogens with zero attached hydrogens (tertiary/aromatic N) is 2. The van der Waals surface area contributed by atoms with Gasteiger partial charge in [-0.15, -0.1) is 0 Å². The zero-order chi connectivity index (χ0) is 24.9. The smallest absolute Gasteiger partial charge is 0.416 e. The van der Waals surface area contributed by atoms with Crippen molar-refractivity contribution in [3.63, 3.8) is 0 Å². The van der Waals surface area contributed by atoms with E-state index in [4.69, 9.17) is 16.3 Å². The average molecular weight is 494 g/mol. The third-order valence-electron chi connectivity index (χ3n) is 5.28. The highest BCUT2D eigenvalue weighted by Crippen LogP contribution is 2.39. The minimum absolute atomic E-state index is 0.0204. The van der Waals surface area contributed by atoms with Crippen LogP contribution in [0.5, 0.6) is 11.5 Å². The maximum absolute atomic E-state index is 12.9. The van der Waals surface area contributed by atoms with Gasteiger partial charge in [-0.2, -0.15) is 18.4 Å². The Kier molecular flexibility index (Phi) is 7.79. The van der Waals surface area contributed by atoms with Crippen molar-refractivity contribution in [2.45, 2.75) is 44.3 Å². The molecule has 0 spiro atoms. The molecule has 0 bridgehead atoms. The molecule has 1 aliphatic rings. The molecule has 0 aromatic heterocycles. The summed E-state index contributed by atoms with van der Waals surface area (Å²) in [6.45, 7) is 0. The van der Waals surface area contributed by atoms with Crippen molar-refractivity contribution in [1.82, 2.24) is 5.32 Å². The molecular formula is C23H19ClF3N3O4. The number of carbonyl (C=O) groups is 1. The highest BCUT2D eigenvalue weighted by atomic mass is 35.5. The maximum atomic E-state index is 12.9. The number of nitrogens with one attached hydrogen (secondary N) is 1. The molecule has 34 heavy (non-hydrogen) atoms. The lowest BCUT2D eigenvalue weighted by atomic mass is 9.95. The molecule has 0 unspecified atom stereocenters. The molecule has 1 N–H and O–H groups in total. The second-order valence-electron chi connectivity index (χ2n) is 7.71. The normalized spacial score (nSPS) is 14.9. The number of nitro benzene ring substituents is 1. The van der Waals surface area contributed by atoms with Crippen molar-refractivity contribution in [2.24, 2.45) is 0 Å². The topological polar surface area (TPSA) is 105 Å². The number of benzene rings is 2. The minimum Gasteiger partial charge on any atom is -0.449 e. The van der Waals surface area contributed by atoms with Crippen LogP contribution < -0.4 is 10.1 Å². The van der Waals surface area contributed by atoms with E-state index >= 15 is 0 Å². The Bertz CT molecular complexity index is 1170. The van der Waals surface area contributed by atoms with Gasteiger partial charge in [-0.05, 0) is 48.7 Å². The third-order valence-corrected chi connectivity index (χ3v) is 5.57. The van der Waals surface area contributed by atoms with E-state index in [0.29, 0.717) is 17.7 Å². The lowest BCUT2D eigenvalue weighted by Crippen LogP contribution is -2.36. The lowest BCUT2D eigenvalue weighted by molar-refractivity contribution is -0.385. The molecule has 0 radical (unpaired) electrons. The van der Waals surface area contributed by atoms with Gasteiger partial charge in [-0.3, -0.25) is 14.9 Å². The average Bonchev–Trinajstić information content (AvgIpc) is 2.79. The van der Waals surface area contributed by atoms with Crippen LogP contribution in [0.3, 0.4) is 0 Å². The summed E-state index contributed by atoms with van der Waals surface area (Å²) in [7, 11) is 0. The molecule has 1 saturated carbocycles. The first-order chi connectivity index (χ1) is 16.1. The summed E-state index contributed by atoms with van der Waals surface area (Å²) in [4.78, 5) is 22.7. The van der Waals surface area contributed by atoms with Crippen LogP contribution >= 0.6 is 11.6 Å². The van der Waals surface area contributed by atoms with E-state index in [9.17, 15) is 33.3 Å². The lowest BCUT2D eigenvalue weighted by Gasteiger charge is -2.22. The molecule has 1 aliphatic carbocycles. The van der Waals surface area contributed by atoms with E-state index in [1.54, 1.807) is 0 Å². The Morgan fingerprint density at radius 3 is 2.44 bits per heavy atom.